The smallest absolute Gasteiger partial charge is 0.235 e. The van der Waals surface area contributed by atoms with Crippen molar-refractivity contribution >= 4 is 23.5 Å². The Morgan fingerprint density at radius 2 is 2.19 bits per heavy atom. The van der Waals surface area contributed by atoms with Gasteiger partial charge in [0.15, 0.2) is 0 Å². The maximum Gasteiger partial charge on any atom is 0.235 e. The molecule has 0 saturated carbocycles. The van der Waals surface area contributed by atoms with Crippen LogP contribution in [-0.4, -0.2) is 28.6 Å². The predicted octanol–water partition coefficient (Wildman–Crippen LogP) is 2.51. The van der Waals surface area contributed by atoms with Crippen molar-refractivity contribution in [2.45, 2.75) is 12.2 Å². The van der Waals surface area contributed by atoms with E-state index < -0.39 is 0 Å². The number of hydrogen-bond acceptors (Lipinski definition) is 4. The normalized spacial score (nSPS) is 17.9. The van der Waals surface area contributed by atoms with Gasteiger partial charge in [-0.25, -0.2) is 0 Å². The minimum absolute atomic E-state index is 0.00153. The standard InChI is InChI=1S/C15H17N3O2S/c1-9-13-14(10-6-4-5-7-11(10)20-3)21-8-12(19)16-15(13)18(2)17-9/h4-7,14H,8H2,1-3H3,(H,16,19)/t14-/m0/s1. The molecule has 1 aromatic carbocycles. The fourth-order valence-corrected chi connectivity index (χ4v) is 3.89. The van der Waals surface area contributed by atoms with Crippen LogP contribution < -0.4 is 10.1 Å². The third-order valence-electron chi connectivity index (χ3n) is 3.59. The number of rotatable bonds is 2. The van der Waals surface area contributed by atoms with Gasteiger partial charge in [-0.15, -0.1) is 11.8 Å². The zero-order valence-electron chi connectivity index (χ0n) is 12.2. The van der Waals surface area contributed by atoms with Gasteiger partial charge >= 0.3 is 0 Å². The molecule has 1 aliphatic heterocycles. The van der Waals surface area contributed by atoms with Crippen molar-refractivity contribution in [1.82, 2.24) is 9.78 Å². The summed E-state index contributed by atoms with van der Waals surface area (Å²) in [5, 5.41) is 7.43. The maximum absolute atomic E-state index is 11.9. The number of carbonyl (C=O) groups is 1. The molecule has 2 heterocycles. The van der Waals surface area contributed by atoms with Gasteiger partial charge in [-0.05, 0) is 13.0 Å². The van der Waals surface area contributed by atoms with Crippen molar-refractivity contribution in [3.05, 3.63) is 41.1 Å². The summed E-state index contributed by atoms with van der Waals surface area (Å²) in [5.74, 6) is 2.02. The van der Waals surface area contributed by atoms with Crippen LogP contribution in [0.2, 0.25) is 0 Å². The largest absolute Gasteiger partial charge is 0.496 e. The lowest BCUT2D eigenvalue weighted by Crippen LogP contribution is -2.15. The van der Waals surface area contributed by atoms with Crippen molar-refractivity contribution in [2.75, 3.05) is 18.2 Å². The molecular formula is C15H17N3O2S. The number of fused-ring (bicyclic) bond motifs is 1. The summed E-state index contributed by atoms with van der Waals surface area (Å²) < 4.78 is 7.22. The highest BCUT2D eigenvalue weighted by Gasteiger charge is 2.30. The van der Waals surface area contributed by atoms with E-state index in [2.05, 4.69) is 10.4 Å². The van der Waals surface area contributed by atoms with Gasteiger partial charge in [0.1, 0.15) is 11.6 Å². The maximum atomic E-state index is 11.9. The lowest BCUT2D eigenvalue weighted by atomic mass is 10.0. The van der Waals surface area contributed by atoms with E-state index in [9.17, 15) is 4.79 Å². The molecule has 21 heavy (non-hydrogen) atoms. The summed E-state index contributed by atoms with van der Waals surface area (Å²) in [6.07, 6.45) is 0. The van der Waals surface area contributed by atoms with E-state index in [1.807, 2.05) is 38.2 Å². The first-order valence-electron chi connectivity index (χ1n) is 6.69. The Morgan fingerprint density at radius 1 is 1.43 bits per heavy atom. The second-order valence-corrected chi connectivity index (χ2v) is 6.05. The topological polar surface area (TPSA) is 56.1 Å². The fourth-order valence-electron chi connectivity index (χ4n) is 2.68. The molecule has 3 rings (SSSR count). The van der Waals surface area contributed by atoms with Crippen molar-refractivity contribution in [2.24, 2.45) is 7.05 Å². The molecule has 5 nitrogen and oxygen atoms in total. The van der Waals surface area contributed by atoms with Crippen molar-refractivity contribution < 1.29 is 9.53 Å². The molecule has 0 fully saturated rings. The highest BCUT2D eigenvalue weighted by Crippen LogP contribution is 2.45. The molecule has 1 aliphatic rings. The summed E-state index contributed by atoms with van der Waals surface area (Å²) in [7, 11) is 3.52. The van der Waals surface area contributed by atoms with Gasteiger partial charge in [0, 0.05) is 18.2 Å². The minimum Gasteiger partial charge on any atom is -0.496 e. The van der Waals surface area contributed by atoms with Gasteiger partial charge in [0.05, 0.1) is 23.8 Å². The second kappa shape index (κ2) is 5.44. The van der Waals surface area contributed by atoms with Crippen LogP contribution in [0.5, 0.6) is 5.75 Å². The number of nitrogens with one attached hydrogen (secondary N) is 1. The predicted molar refractivity (Wildman–Crippen MR) is 83.9 cm³/mol. The van der Waals surface area contributed by atoms with E-state index in [1.54, 1.807) is 23.6 Å². The van der Waals surface area contributed by atoms with Crippen LogP contribution in [0.15, 0.2) is 24.3 Å². The van der Waals surface area contributed by atoms with Crippen molar-refractivity contribution in [3.8, 4) is 5.75 Å². The Bertz CT molecular complexity index is 696. The lowest BCUT2D eigenvalue weighted by Gasteiger charge is -2.18. The van der Waals surface area contributed by atoms with Gasteiger partial charge < -0.3 is 10.1 Å². The SMILES string of the molecule is COc1ccccc1[C@@H]1SCC(=O)Nc2c1c(C)nn2C. The molecule has 0 spiro atoms. The number of amides is 1. The monoisotopic (exact) mass is 303 g/mol. The van der Waals surface area contributed by atoms with Gasteiger partial charge in [-0.1, -0.05) is 18.2 Å². The Morgan fingerprint density at radius 3 is 2.95 bits per heavy atom. The third kappa shape index (κ3) is 2.40. The first-order valence-corrected chi connectivity index (χ1v) is 7.74. The Balaban J connectivity index is 2.17. The number of methoxy groups -OCH3 is 1. The molecule has 2 aromatic rings. The van der Waals surface area contributed by atoms with E-state index in [-0.39, 0.29) is 11.2 Å². The second-order valence-electron chi connectivity index (χ2n) is 4.95. The number of ether oxygens (including phenoxy) is 1. The highest BCUT2D eigenvalue weighted by atomic mass is 32.2. The number of carbonyl (C=O) groups excluding carboxylic acids is 1. The van der Waals surface area contributed by atoms with Gasteiger partial charge in [-0.2, -0.15) is 5.10 Å². The molecule has 0 radical (unpaired) electrons. The zero-order chi connectivity index (χ0) is 15.0. The molecule has 0 saturated heterocycles. The molecule has 1 N–H and O–H groups in total. The highest BCUT2D eigenvalue weighted by molar-refractivity contribution is 8.00. The number of hydrogen-bond donors (Lipinski definition) is 1. The average Bonchev–Trinajstić information content (AvgIpc) is 2.66. The Hall–Kier alpha value is -1.95. The van der Waals surface area contributed by atoms with Gasteiger partial charge in [0.2, 0.25) is 5.91 Å². The molecule has 0 bridgehead atoms. The Labute approximate surface area is 127 Å². The van der Waals surface area contributed by atoms with E-state index in [0.717, 1.165) is 28.4 Å². The molecule has 1 amide bonds. The summed E-state index contributed by atoms with van der Waals surface area (Å²) >= 11 is 1.60. The molecule has 1 aromatic heterocycles. The first kappa shape index (κ1) is 14.0. The number of benzene rings is 1. The van der Waals surface area contributed by atoms with E-state index in [0.29, 0.717) is 5.75 Å². The van der Waals surface area contributed by atoms with Gasteiger partial charge in [-0.3, -0.25) is 9.48 Å². The number of nitrogens with zero attached hydrogens (tertiary/aromatic N) is 2. The van der Waals surface area contributed by atoms with E-state index >= 15 is 0 Å². The minimum atomic E-state index is 0.00153. The van der Waals surface area contributed by atoms with Crippen LogP contribution in [0, 0.1) is 6.92 Å². The average molecular weight is 303 g/mol. The summed E-state index contributed by atoms with van der Waals surface area (Å²) in [6.45, 7) is 1.97. The molecular weight excluding hydrogens is 286 g/mol. The first-order chi connectivity index (χ1) is 10.1. The molecule has 1 atom stereocenters. The van der Waals surface area contributed by atoms with Crippen LogP contribution in [0.25, 0.3) is 0 Å². The fraction of sp³-hybridized carbons (Fsp3) is 0.333. The van der Waals surface area contributed by atoms with Crippen LogP contribution in [0.3, 0.4) is 0 Å². The van der Waals surface area contributed by atoms with Crippen LogP contribution in [0.4, 0.5) is 5.82 Å². The molecule has 110 valence electrons. The van der Waals surface area contributed by atoms with E-state index in [4.69, 9.17) is 4.74 Å². The van der Waals surface area contributed by atoms with Gasteiger partial charge in [0.25, 0.3) is 0 Å². The third-order valence-corrected chi connectivity index (χ3v) is 4.84. The van der Waals surface area contributed by atoms with Crippen molar-refractivity contribution in [3.63, 3.8) is 0 Å². The Kier molecular flexibility index (Phi) is 3.63. The van der Waals surface area contributed by atoms with Crippen LogP contribution in [0.1, 0.15) is 22.1 Å². The number of aryl methyl sites for hydroxylation is 2. The zero-order valence-corrected chi connectivity index (χ0v) is 13.0. The summed E-state index contributed by atoms with van der Waals surface area (Å²) in [5.41, 5.74) is 3.05. The number of thioether (sulfide) groups is 1. The van der Waals surface area contributed by atoms with Crippen LogP contribution >= 0.6 is 11.8 Å². The molecule has 0 aliphatic carbocycles. The van der Waals surface area contributed by atoms with Crippen molar-refractivity contribution in [1.29, 1.82) is 0 Å². The van der Waals surface area contributed by atoms with Crippen LogP contribution in [-0.2, 0) is 11.8 Å². The quantitative estimate of drug-likeness (QED) is 0.926. The molecule has 0 unspecified atom stereocenters. The van der Waals surface area contributed by atoms with E-state index in [1.165, 1.54) is 0 Å². The number of aromatic nitrogens is 2. The number of para-hydroxylation sites is 1. The summed E-state index contributed by atoms with van der Waals surface area (Å²) in [6, 6.07) is 7.93. The molecule has 6 heteroatoms. The lowest BCUT2D eigenvalue weighted by molar-refractivity contribution is -0.113. The number of anilines is 1. The summed E-state index contributed by atoms with van der Waals surface area (Å²) in [4.78, 5) is 11.9.